The Kier molecular flexibility index (Phi) is 7.16. The van der Waals surface area contributed by atoms with E-state index in [1.807, 2.05) is 6.92 Å². The minimum absolute atomic E-state index is 0.0188. The second-order valence-corrected chi connectivity index (χ2v) is 6.46. The zero-order valence-corrected chi connectivity index (χ0v) is 13.6. The van der Waals surface area contributed by atoms with Gasteiger partial charge in [-0.3, -0.25) is 4.79 Å². The first kappa shape index (κ1) is 19.3. The van der Waals surface area contributed by atoms with Crippen LogP contribution in [0.1, 0.15) is 65.2 Å². The summed E-state index contributed by atoms with van der Waals surface area (Å²) in [6.45, 7) is 3.95. The SMILES string of the molecule is CCCCCCCC(C)C(=O)N1CCC(O)(C(F)(F)F)CC1. The van der Waals surface area contributed by atoms with Gasteiger partial charge in [-0.15, -0.1) is 0 Å². The van der Waals surface area contributed by atoms with E-state index in [-0.39, 0.29) is 24.9 Å². The van der Waals surface area contributed by atoms with Crippen molar-refractivity contribution in [3.8, 4) is 0 Å². The van der Waals surface area contributed by atoms with Crippen LogP contribution in [0.3, 0.4) is 0 Å². The lowest BCUT2D eigenvalue weighted by molar-refractivity contribution is -0.272. The molecule has 6 heteroatoms. The molecule has 0 aromatic heterocycles. The Hall–Kier alpha value is -0.780. The highest BCUT2D eigenvalue weighted by Gasteiger charge is 2.54. The molecule has 1 amide bonds. The first-order valence-electron chi connectivity index (χ1n) is 8.29. The van der Waals surface area contributed by atoms with Crippen LogP contribution < -0.4 is 0 Å². The Morgan fingerprint density at radius 2 is 1.73 bits per heavy atom. The van der Waals surface area contributed by atoms with Gasteiger partial charge in [0, 0.05) is 31.8 Å². The van der Waals surface area contributed by atoms with Crippen LogP contribution in [0.15, 0.2) is 0 Å². The molecule has 22 heavy (non-hydrogen) atoms. The highest BCUT2D eigenvalue weighted by Crippen LogP contribution is 2.38. The van der Waals surface area contributed by atoms with Gasteiger partial charge in [0.05, 0.1) is 0 Å². The molecule has 0 saturated carbocycles. The van der Waals surface area contributed by atoms with Gasteiger partial charge >= 0.3 is 6.18 Å². The molecular formula is C16H28F3NO2. The number of carbonyl (C=O) groups excluding carboxylic acids is 1. The Morgan fingerprint density at radius 1 is 1.18 bits per heavy atom. The third-order valence-electron chi connectivity index (χ3n) is 4.59. The van der Waals surface area contributed by atoms with Crippen molar-refractivity contribution < 1.29 is 23.1 Å². The van der Waals surface area contributed by atoms with Gasteiger partial charge in [0.15, 0.2) is 5.60 Å². The van der Waals surface area contributed by atoms with Gasteiger partial charge in [-0.25, -0.2) is 0 Å². The summed E-state index contributed by atoms with van der Waals surface area (Å²) in [5.74, 6) is -0.238. The fourth-order valence-electron chi connectivity index (χ4n) is 2.87. The highest BCUT2D eigenvalue weighted by molar-refractivity contribution is 5.78. The number of halogens is 3. The summed E-state index contributed by atoms with van der Waals surface area (Å²) in [6, 6.07) is 0. The second kappa shape index (κ2) is 8.18. The van der Waals surface area contributed by atoms with E-state index in [2.05, 4.69) is 6.92 Å². The second-order valence-electron chi connectivity index (χ2n) is 6.46. The molecule has 1 heterocycles. The van der Waals surface area contributed by atoms with E-state index >= 15 is 0 Å². The van der Waals surface area contributed by atoms with Crippen molar-refractivity contribution in [1.82, 2.24) is 4.90 Å². The van der Waals surface area contributed by atoms with Crippen molar-refractivity contribution in [3.63, 3.8) is 0 Å². The van der Waals surface area contributed by atoms with Gasteiger partial charge in [-0.1, -0.05) is 46.0 Å². The number of unbranched alkanes of at least 4 members (excludes halogenated alkanes) is 4. The molecule has 0 spiro atoms. The number of likely N-dealkylation sites (tertiary alicyclic amines) is 1. The Labute approximate surface area is 130 Å². The smallest absolute Gasteiger partial charge is 0.380 e. The van der Waals surface area contributed by atoms with Gasteiger partial charge in [-0.2, -0.15) is 13.2 Å². The van der Waals surface area contributed by atoms with Gasteiger partial charge in [-0.05, 0) is 6.42 Å². The average Bonchev–Trinajstić information content (AvgIpc) is 2.46. The summed E-state index contributed by atoms with van der Waals surface area (Å²) in [5, 5.41) is 9.61. The first-order valence-corrected chi connectivity index (χ1v) is 8.29. The maximum Gasteiger partial charge on any atom is 0.417 e. The summed E-state index contributed by atoms with van der Waals surface area (Å²) in [7, 11) is 0. The van der Waals surface area contributed by atoms with Crippen molar-refractivity contribution in [2.75, 3.05) is 13.1 Å². The largest absolute Gasteiger partial charge is 0.417 e. The molecule has 1 rings (SSSR count). The molecule has 130 valence electrons. The fourth-order valence-corrected chi connectivity index (χ4v) is 2.87. The monoisotopic (exact) mass is 323 g/mol. The van der Waals surface area contributed by atoms with Crippen molar-refractivity contribution in [2.45, 2.75) is 77.0 Å². The predicted molar refractivity (Wildman–Crippen MR) is 79.4 cm³/mol. The zero-order chi connectivity index (χ0) is 16.8. The topological polar surface area (TPSA) is 40.5 Å². The minimum atomic E-state index is -4.62. The molecule has 0 aromatic rings. The van der Waals surface area contributed by atoms with Crippen molar-refractivity contribution in [3.05, 3.63) is 0 Å². The van der Waals surface area contributed by atoms with Crippen molar-refractivity contribution in [1.29, 1.82) is 0 Å². The van der Waals surface area contributed by atoms with Crippen LogP contribution in [0.2, 0.25) is 0 Å². The lowest BCUT2D eigenvalue weighted by atomic mass is 9.90. The summed E-state index contributed by atoms with van der Waals surface area (Å²) in [5.41, 5.74) is -2.63. The molecule has 0 aromatic carbocycles. The first-order chi connectivity index (χ1) is 10.2. The van der Waals surface area contributed by atoms with E-state index in [1.165, 1.54) is 24.2 Å². The van der Waals surface area contributed by atoms with E-state index in [9.17, 15) is 23.1 Å². The zero-order valence-electron chi connectivity index (χ0n) is 13.6. The van der Waals surface area contributed by atoms with E-state index < -0.39 is 24.6 Å². The Bertz CT molecular complexity index is 350. The molecule has 0 radical (unpaired) electrons. The molecule has 1 aliphatic heterocycles. The lowest BCUT2D eigenvalue weighted by Crippen LogP contribution is -2.55. The molecular weight excluding hydrogens is 295 g/mol. The third-order valence-corrected chi connectivity index (χ3v) is 4.59. The normalized spacial score (nSPS) is 20.0. The van der Waals surface area contributed by atoms with Crippen LogP contribution >= 0.6 is 0 Å². The standard InChI is InChI=1S/C16H28F3NO2/c1-3-4-5-6-7-8-13(2)14(21)20-11-9-15(22,10-12-20)16(17,18)19/h13,22H,3-12H2,1-2H3. The number of rotatable bonds is 7. The molecule has 0 bridgehead atoms. The Morgan fingerprint density at radius 3 is 2.23 bits per heavy atom. The number of nitrogens with zero attached hydrogens (tertiary/aromatic N) is 1. The van der Waals surface area contributed by atoms with Crippen LogP contribution in [-0.2, 0) is 4.79 Å². The van der Waals surface area contributed by atoms with Crippen LogP contribution in [-0.4, -0.2) is 40.8 Å². The Balaban J connectivity index is 2.35. The molecule has 1 fully saturated rings. The fraction of sp³-hybridized carbons (Fsp3) is 0.938. The van der Waals surface area contributed by atoms with E-state index in [4.69, 9.17) is 0 Å². The number of amides is 1. The van der Waals surface area contributed by atoms with Crippen LogP contribution in [0.5, 0.6) is 0 Å². The summed E-state index contributed by atoms with van der Waals surface area (Å²) in [4.78, 5) is 13.7. The molecule has 1 unspecified atom stereocenters. The van der Waals surface area contributed by atoms with Crippen molar-refractivity contribution in [2.24, 2.45) is 5.92 Å². The van der Waals surface area contributed by atoms with Gasteiger partial charge in [0.25, 0.3) is 0 Å². The maximum absolute atomic E-state index is 12.7. The number of carbonyl (C=O) groups is 1. The molecule has 1 N–H and O–H groups in total. The van der Waals surface area contributed by atoms with Crippen LogP contribution in [0, 0.1) is 5.92 Å². The van der Waals surface area contributed by atoms with E-state index in [1.54, 1.807) is 0 Å². The average molecular weight is 323 g/mol. The summed E-state index contributed by atoms with van der Waals surface area (Å²) >= 11 is 0. The highest BCUT2D eigenvalue weighted by atomic mass is 19.4. The minimum Gasteiger partial charge on any atom is -0.380 e. The van der Waals surface area contributed by atoms with Gasteiger partial charge in [0.2, 0.25) is 5.91 Å². The number of piperidine rings is 1. The number of hydrogen-bond acceptors (Lipinski definition) is 2. The molecule has 1 atom stereocenters. The molecule has 0 aliphatic carbocycles. The third kappa shape index (κ3) is 5.14. The van der Waals surface area contributed by atoms with Crippen LogP contribution in [0.4, 0.5) is 13.2 Å². The van der Waals surface area contributed by atoms with Gasteiger partial charge in [0.1, 0.15) is 0 Å². The summed E-state index contributed by atoms with van der Waals surface area (Å²) in [6.07, 6.45) is 0.924. The van der Waals surface area contributed by atoms with Gasteiger partial charge < -0.3 is 10.0 Å². The lowest BCUT2D eigenvalue weighted by Gasteiger charge is -2.39. The number of aliphatic hydroxyl groups is 1. The number of hydrogen-bond donors (Lipinski definition) is 1. The van der Waals surface area contributed by atoms with E-state index in [0.717, 1.165) is 19.3 Å². The molecule has 1 saturated heterocycles. The van der Waals surface area contributed by atoms with E-state index in [0.29, 0.717) is 0 Å². The number of alkyl halides is 3. The van der Waals surface area contributed by atoms with Crippen molar-refractivity contribution >= 4 is 5.91 Å². The quantitative estimate of drug-likeness (QED) is 0.722. The summed E-state index contributed by atoms with van der Waals surface area (Å²) < 4.78 is 38.2. The molecule has 1 aliphatic rings. The predicted octanol–water partition coefficient (Wildman–Crippen LogP) is 3.90. The maximum atomic E-state index is 12.7. The molecule has 3 nitrogen and oxygen atoms in total. The van der Waals surface area contributed by atoms with Crippen LogP contribution in [0.25, 0.3) is 0 Å².